The molecule has 1 aliphatic rings. The molecule has 0 radical (unpaired) electrons. The molecular formula is C12H18N2O2. The molecule has 0 N–H and O–H groups in total. The summed E-state index contributed by atoms with van der Waals surface area (Å²) in [7, 11) is 0. The minimum Gasteiger partial charge on any atom is -0.448 e. The molecule has 4 heteroatoms. The molecule has 0 unspecified atom stereocenters. The topological polar surface area (TPSA) is 46.3 Å². The first-order valence-electron chi connectivity index (χ1n) is 5.75. The van der Waals surface area contributed by atoms with Crippen molar-refractivity contribution in [2.24, 2.45) is 5.41 Å². The predicted molar refractivity (Wildman–Crippen MR) is 59.7 cm³/mol. The van der Waals surface area contributed by atoms with E-state index in [-0.39, 0.29) is 11.3 Å². The molecular weight excluding hydrogens is 204 g/mol. The average Bonchev–Trinajstić information content (AvgIpc) is 2.74. The Hall–Kier alpha value is -1.32. The molecule has 0 saturated carbocycles. The van der Waals surface area contributed by atoms with Crippen molar-refractivity contribution in [1.82, 2.24) is 9.88 Å². The zero-order valence-corrected chi connectivity index (χ0v) is 10.1. The van der Waals surface area contributed by atoms with Gasteiger partial charge in [-0.25, -0.2) is 4.98 Å². The highest BCUT2D eigenvalue weighted by atomic mass is 16.3. The van der Waals surface area contributed by atoms with Gasteiger partial charge in [0.25, 0.3) is 0 Å². The van der Waals surface area contributed by atoms with Gasteiger partial charge in [-0.05, 0) is 6.42 Å². The van der Waals surface area contributed by atoms with E-state index in [4.69, 9.17) is 4.42 Å². The van der Waals surface area contributed by atoms with E-state index in [1.165, 1.54) is 6.39 Å². The highest BCUT2D eigenvalue weighted by molar-refractivity contribution is 5.82. The fraction of sp³-hybridized carbons (Fsp3) is 0.667. The maximum atomic E-state index is 12.3. The molecule has 1 aromatic heterocycles. The Bertz CT molecular complexity index is 395. The lowest BCUT2D eigenvalue weighted by molar-refractivity contribution is -0.141. The highest BCUT2D eigenvalue weighted by Crippen LogP contribution is 2.26. The van der Waals surface area contributed by atoms with E-state index in [0.29, 0.717) is 6.54 Å². The number of rotatable bonds is 2. The summed E-state index contributed by atoms with van der Waals surface area (Å²) in [6.45, 7) is 7.36. The third-order valence-electron chi connectivity index (χ3n) is 3.42. The number of nitrogens with zero attached hydrogens (tertiary/aromatic N) is 2. The summed E-state index contributed by atoms with van der Waals surface area (Å²) in [6.07, 6.45) is 3.10. The molecule has 0 aliphatic carbocycles. The lowest BCUT2D eigenvalue weighted by atomic mass is 9.88. The number of hydrogen-bond acceptors (Lipinski definition) is 3. The fourth-order valence-electron chi connectivity index (χ4n) is 1.87. The lowest BCUT2D eigenvalue weighted by Crippen LogP contribution is -2.43. The molecule has 1 aliphatic heterocycles. The SMILES string of the molecule is CCC(C)(C)C(=O)N1CCc2ocnc2C1. The Morgan fingerprint density at radius 3 is 3.06 bits per heavy atom. The Kier molecular flexibility index (Phi) is 2.74. The van der Waals surface area contributed by atoms with Crippen molar-refractivity contribution in [3.8, 4) is 0 Å². The number of amides is 1. The number of hydrogen-bond donors (Lipinski definition) is 0. The third kappa shape index (κ3) is 1.84. The second-order valence-corrected chi connectivity index (χ2v) is 4.94. The maximum Gasteiger partial charge on any atom is 0.228 e. The molecule has 2 heterocycles. The van der Waals surface area contributed by atoms with Crippen LogP contribution in [0.4, 0.5) is 0 Å². The van der Waals surface area contributed by atoms with Crippen LogP contribution in [0, 0.1) is 5.41 Å². The second-order valence-electron chi connectivity index (χ2n) is 4.94. The Balaban J connectivity index is 2.12. The molecule has 0 spiro atoms. The molecule has 0 fully saturated rings. The zero-order chi connectivity index (χ0) is 11.8. The Morgan fingerprint density at radius 2 is 2.38 bits per heavy atom. The van der Waals surface area contributed by atoms with E-state index >= 15 is 0 Å². The van der Waals surface area contributed by atoms with E-state index < -0.39 is 0 Å². The van der Waals surface area contributed by atoms with E-state index in [1.807, 2.05) is 25.7 Å². The Morgan fingerprint density at radius 1 is 1.62 bits per heavy atom. The van der Waals surface area contributed by atoms with Crippen LogP contribution in [0.15, 0.2) is 10.8 Å². The molecule has 0 atom stereocenters. The van der Waals surface area contributed by atoms with Crippen molar-refractivity contribution in [1.29, 1.82) is 0 Å². The molecule has 1 amide bonds. The highest BCUT2D eigenvalue weighted by Gasteiger charge is 2.33. The Labute approximate surface area is 95.6 Å². The number of carbonyl (C=O) groups excluding carboxylic acids is 1. The van der Waals surface area contributed by atoms with E-state index in [2.05, 4.69) is 4.98 Å². The first-order chi connectivity index (χ1) is 7.54. The molecule has 0 aromatic carbocycles. The van der Waals surface area contributed by atoms with Crippen molar-refractivity contribution >= 4 is 5.91 Å². The zero-order valence-electron chi connectivity index (χ0n) is 10.1. The van der Waals surface area contributed by atoms with Gasteiger partial charge < -0.3 is 9.32 Å². The van der Waals surface area contributed by atoms with Gasteiger partial charge in [0.2, 0.25) is 5.91 Å². The predicted octanol–water partition coefficient (Wildman–Crippen LogP) is 2.00. The van der Waals surface area contributed by atoms with Gasteiger partial charge >= 0.3 is 0 Å². The van der Waals surface area contributed by atoms with Gasteiger partial charge in [0, 0.05) is 18.4 Å². The van der Waals surface area contributed by atoms with Crippen LogP contribution in [0.5, 0.6) is 0 Å². The molecule has 2 rings (SSSR count). The molecule has 88 valence electrons. The van der Waals surface area contributed by atoms with Gasteiger partial charge in [0.05, 0.1) is 6.54 Å². The summed E-state index contributed by atoms with van der Waals surface area (Å²) in [5.41, 5.74) is 0.632. The van der Waals surface area contributed by atoms with Crippen LogP contribution < -0.4 is 0 Å². The van der Waals surface area contributed by atoms with Crippen LogP contribution in [0.1, 0.15) is 38.6 Å². The molecule has 0 bridgehead atoms. The largest absolute Gasteiger partial charge is 0.448 e. The van der Waals surface area contributed by atoms with Crippen LogP contribution >= 0.6 is 0 Å². The van der Waals surface area contributed by atoms with Crippen molar-refractivity contribution in [3.63, 3.8) is 0 Å². The lowest BCUT2D eigenvalue weighted by Gasteiger charge is -2.32. The molecule has 0 saturated heterocycles. The first-order valence-corrected chi connectivity index (χ1v) is 5.75. The summed E-state index contributed by atoms with van der Waals surface area (Å²) < 4.78 is 5.25. The fourth-order valence-corrected chi connectivity index (χ4v) is 1.87. The number of aromatic nitrogens is 1. The second kappa shape index (κ2) is 3.92. The monoisotopic (exact) mass is 222 g/mol. The van der Waals surface area contributed by atoms with Crippen molar-refractivity contribution < 1.29 is 9.21 Å². The van der Waals surface area contributed by atoms with E-state index in [0.717, 1.165) is 30.8 Å². The number of oxazole rings is 1. The van der Waals surface area contributed by atoms with Gasteiger partial charge in [-0.2, -0.15) is 0 Å². The maximum absolute atomic E-state index is 12.3. The van der Waals surface area contributed by atoms with E-state index in [1.54, 1.807) is 0 Å². The minimum atomic E-state index is -0.277. The first kappa shape index (κ1) is 11.2. The number of carbonyl (C=O) groups is 1. The van der Waals surface area contributed by atoms with Crippen LogP contribution in [0.2, 0.25) is 0 Å². The molecule has 1 aromatic rings. The van der Waals surface area contributed by atoms with Crippen molar-refractivity contribution in [3.05, 3.63) is 17.8 Å². The minimum absolute atomic E-state index is 0.212. The summed E-state index contributed by atoms with van der Waals surface area (Å²) in [6, 6.07) is 0. The summed E-state index contributed by atoms with van der Waals surface area (Å²) in [4.78, 5) is 18.3. The molecule has 16 heavy (non-hydrogen) atoms. The average molecular weight is 222 g/mol. The number of fused-ring (bicyclic) bond motifs is 1. The van der Waals surface area contributed by atoms with Crippen molar-refractivity contribution in [2.75, 3.05) is 6.54 Å². The molecule has 4 nitrogen and oxygen atoms in total. The summed E-state index contributed by atoms with van der Waals surface area (Å²) in [5.74, 6) is 1.14. The standard InChI is InChI=1S/C12H18N2O2/c1-4-12(2,3)11(15)14-6-5-10-9(7-14)13-8-16-10/h8H,4-7H2,1-3H3. The smallest absolute Gasteiger partial charge is 0.228 e. The van der Waals surface area contributed by atoms with Crippen LogP contribution in [0.3, 0.4) is 0 Å². The van der Waals surface area contributed by atoms with Gasteiger partial charge in [-0.3, -0.25) is 4.79 Å². The quantitative estimate of drug-likeness (QED) is 0.768. The van der Waals surface area contributed by atoms with Gasteiger partial charge in [0.1, 0.15) is 11.5 Å². The van der Waals surface area contributed by atoms with Crippen LogP contribution in [-0.4, -0.2) is 22.3 Å². The van der Waals surface area contributed by atoms with E-state index in [9.17, 15) is 4.79 Å². The van der Waals surface area contributed by atoms with Gasteiger partial charge in [-0.15, -0.1) is 0 Å². The van der Waals surface area contributed by atoms with Crippen molar-refractivity contribution in [2.45, 2.75) is 40.2 Å². The van der Waals surface area contributed by atoms with Crippen LogP contribution in [-0.2, 0) is 17.8 Å². The summed E-state index contributed by atoms with van der Waals surface area (Å²) in [5, 5.41) is 0. The normalized spacial score (nSPS) is 16.1. The van der Waals surface area contributed by atoms with Crippen LogP contribution in [0.25, 0.3) is 0 Å². The summed E-state index contributed by atoms with van der Waals surface area (Å²) >= 11 is 0. The third-order valence-corrected chi connectivity index (χ3v) is 3.42. The van der Waals surface area contributed by atoms with Gasteiger partial charge in [-0.1, -0.05) is 20.8 Å². The van der Waals surface area contributed by atoms with Gasteiger partial charge in [0.15, 0.2) is 6.39 Å².